The van der Waals surface area contributed by atoms with Gasteiger partial charge in [-0.05, 0) is 49.3 Å². The minimum Gasteiger partial charge on any atom is -0.341 e. The first-order chi connectivity index (χ1) is 12.6. The molecular weight excluding hydrogens is 348 g/mol. The molecule has 1 aromatic carbocycles. The first-order valence-electron chi connectivity index (χ1n) is 9.16. The van der Waals surface area contributed by atoms with Crippen molar-refractivity contribution in [2.24, 2.45) is 5.41 Å². The fourth-order valence-electron chi connectivity index (χ4n) is 4.08. The molecule has 0 radical (unpaired) electrons. The van der Waals surface area contributed by atoms with Crippen LogP contribution in [0.3, 0.4) is 0 Å². The zero-order valence-electron chi connectivity index (χ0n) is 14.8. The standard InChI is InChI=1S/C19H24N4O2S/c24-26(25,17-5-2-1-3-6-17)23-15-9-19(10-16-23)7-13-22(14-8-19)18-20-11-4-12-21-18/h1-6,11-12H,7-10,13-16H2. The van der Waals surface area contributed by atoms with E-state index in [-0.39, 0.29) is 5.41 Å². The molecule has 1 aromatic heterocycles. The Labute approximate surface area is 154 Å². The first kappa shape index (κ1) is 17.4. The highest BCUT2D eigenvalue weighted by Gasteiger charge is 2.40. The quantitative estimate of drug-likeness (QED) is 0.828. The van der Waals surface area contributed by atoms with Gasteiger partial charge in [-0.1, -0.05) is 18.2 Å². The summed E-state index contributed by atoms with van der Waals surface area (Å²) in [5.74, 6) is 0.798. The summed E-state index contributed by atoms with van der Waals surface area (Å²) in [5, 5.41) is 0. The van der Waals surface area contributed by atoms with Gasteiger partial charge in [-0.3, -0.25) is 0 Å². The minimum atomic E-state index is -3.37. The van der Waals surface area contributed by atoms with Crippen LogP contribution in [0.25, 0.3) is 0 Å². The molecule has 138 valence electrons. The Morgan fingerprint density at radius 3 is 2.00 bits per heavy atom. The van der Waals surface area contributed by atoms with Gasteiger partial charge in [-0.25, -0.2) is 18.4 Å². The number of hydrogen-bond acceptors (Lipinski definition) is 5. The highest BCUT2D eigenvalue weighted by Crippen LogP contribution is 2.42. The predicted octanol–water partition coefficient (Wildman–Crippen LogP) is 2.55. The average Bonchev–Trinajstić information content (AvgIpc) is 2.70. The molecular formula is C19H24N4O2S. The number of piperidine rings is 2. The van der Waals surface area contributed by atoms with Crippen LogP contribution in [0.1, 0.15) is 25.7 Å². The van der Waals surface area contributed by atoms with E-state index in [1.54, 1.807) is 41.0 Å². The van der Waals surface area contributed by atoms with Gasteiger partial charge >= 0.3 is 0 Å². The summed E-state index contributed by atoms with van der Waals surface area (Å²) in [6.07, 6.45) is 7.57. The van der Waals surface area contributed by atoms with E-state index in [1.165, 1.54) is 0 Å². The van der Waals surface area contributed by atoms with E-state index in [4.69, 9.17) is 0 Å². The fraction of sp³-hybridized carbons (Fsp3) is 0.474. The van der Waals surface area contributed by atoms with Crippen molar-refractivity contribution in [3.8, 4) is 0 Å². The largest absolute Gasteiger partial charge is 0.341 e. The Kier molecular flexibility index (Phi) is 4.67. The topological polar surface area (TPSA) is 66.4 Å². The van der Waals surface area contributed by atoms with Crippen LogP contribution < -0.4 is 4.90 Å². The maximum absolute atomic E-state index is 12.8. The number of hydrogen-bond donors (Lipinski definition) is 0. The number of rotatable bonds is 3. The van der Waals surface area contributed by atoms with Crippen molar-refractivity contribution >= 4 is 16.0 Å². The molecule has 0 bridgehead atoms. The molecule has 0 atom stereocenters. The van der Waals surface area contributed by atoms with E-state index in [9.17, 15) is 8.42 Å². The maximum Gasteiger partial charge on any atom is 0.243 e. The Hall–Kier alpha value is -1.99. The van der Waals surface area contributed by atoms with Gasteiger partial charge in [0.05, 0.1) is 4.90 Å². The predicted molar refractivity (Wildman–Crippen MR) is 100 cm³/mol. The Morgan fingerprint density at radius 2 is 1.38 bits per heavy atom. The summed E-state index contributed by atoms with van der Waals surface area (Å²) in [6, 6.07) is 10.6. The second-order valence-electron chi connectivity index (χ2n) is 7.25. The van der Waals surface area contributed by atoms with Gasteiger partial charge < -0.3 is 4.90 Å². The van der Waals surface area contributed by atoms with Crippen molar-refractivity contribution in [2.75, 3.05) is 31.1 Å². The minimum absolute atomic E-state index is 0.258. The van der Waals surface area contributed by atoms with E-state index < -0.39 is 10.0 Å². The molecule has 7 heteroatoms. The van der Waals surface area contributed by atoms with Crippen LogP contribution in [-0.2, 0) is 10.0 Å². The molecule has 0 unspecified atom stereocenters. The lowest BCUT2D eigenvalue weighted by molar-refractivity contribution is 0.118. The van der Waals surface area contributed by atoms with Gasteiger partial charge in [0.25, 0.3) is 0 Å². The molecule has 0 saturated carbocycles. The van der Waals surface area contributed by atoms with Crippen molar-refractivity contribution in [2.45, 2.75) is 30.6 Å². The van der Waals surface area contributed by atoms with E-state index in [0.717, 1.165) is 44.7 Å². The molecule has 0 aliphatic carbocycles. The smallest absolute Gasteiger partial charge is 0.243 e. The van der Waals surface area contributed by atoms with Gasteiger partial charge in [0.15, 0.2) is 0 Å². The molecule has 1 spiro atoms. The van der Waals surface area contributed by atoms with Gasteiger partial charge in [0.1, 0.15) is 0 Å². The summed E-state index contributed by atoms with van der Waals surface area (Å²) < 4.78 is 27.2. The molecule has 26 heavy (non-hydrogen) atoms. The Morgan fingerprint density at radius 1 is 0.808 bits per heavy atom. The van der Waals surface area contributed by atoms with Crippen LogP contribution in [0.2, 0.25) is 0 Å². The summed E-state index contributed by atoms with van der Waals surface area (Å²) in [4.78, 5) is 11.3. The highest BCUT2D eigenvalue weighted by atomic mass is 32.2. The molecule has 0 N–H and O–H groups in total. The summed E-state index contributed by atoms with van der Waals surface area (Å²) >= 11 is 0. The van der Waals surface area contributed by atoms with E-state index in [2.05, 4.69) is 14.9 Å². The van der Waals surface area contributed by atoms with Crippen molar-refractivity contribution in [3.63, 3.8) is 0 Å². The van der Waals surface area contributed by atoms with Gasteiger partial charge in [-0.15, -0.1) is 0 Å². The lowest BCUT2D eigenvalue weighted by Crippen LogP contribution is -2.48. The molecule has 2 aliphatic heterocycles. The second kappa shape index (κ2) is 6.96. The summed E-state index contributed by atoms with van der Waals surface area (Å²) in [7, 11) is -3.37. The number of nitrogens with zero attached hydrogens (tertiary/aromatic N) is 4. The highest BCUT2D eigenvalue weighted by molar-refractivity contribution is 7.89. The van der Waals surface area contributed by atoms with E-state index in [0.29, 0.717) is 18.0 Å². The van der Waals surface area contributed by atoms with Gasteiger partial charge in [0, 0.05) is 38.6 Å². The van der Waals surface area contributed by atoms with Crippen molar-refractivity contribution < 1.29 is 8.42 Å². The van der Waals surface area contributed by atoms with Gasteiger partial charge in [-0.2, -0.15) is 4.31 Å². The molecule has 3 heterocycles. The van der Waals surface area contributed by atoms with Crippen LogP contribution in [0, 0.1) is 5.41 Å². The molecule has 0 amide bonds. The van der Waals surface area contributed by atoms with Crippen LogP contribution in [0.5, 0.6) is 0 Å². The SMILES string of the molecule is O=S(=O)(c1ccccc1)N1CCC2(CCN(c3ncccn3)CC2)CC1. The Balaban J connectivity index is 1.38. The monoisotopic (exact) mass is 372 g/mol. The fourth-order valence-corrected chi connectivity index (χ4v) is 5.54. The summed E-state index contributed by atoms with van der Waals surface area (Å²) in [5.41, 5.74) is 0.258. The van der Waals surface area contributed by atoms with Crippen LogP contribution in [0.15, 0.2) is 53.7 Å². The molecule has 6 nitrogen and oxygen atoms in total. The zero-order valence-corrected chi connectivity index (χ0v) is 15.6. The first-order valence-corrected chi connectivity index (χ1v) is 10.6. The number of benzene rings is 1. The third-order valence-corrected chi connectivity index (χ3v) is 7.74. The van der Waals surface area contributed by atoms with Gasteiger partial charge in [0.2, 0.25) is 16.0 Å². The summed E-state index contributed by atoms with van der Waals surface area (Å²) in [6.45, 7) is 3.10. The van der Waals surface area contributed by atoms with E-state index in [1.807, 2.05) is 12.1 Å². The third-order valence-electron chi connectivity index (χ3n) is 5.82. The molecule has 4 rings (SSSR count). The van der Waals surface area contributed by atoms with Crippen molar-refractivity contribution in [3.05, 3.63) is 48.8 Å². The van der Waals surface area contributed by atoms with Crippen LogP contribution in [-0.4, -0.2) is 48.9 Å². The Bertz CT molecular complexity index is 824. The van der Waals surface area contributed by atoms with E-state index >= 15 is 0 Å². The number of anilines is 1. The maximum atomic E-state index is 12.8. The van der Waals surface area contributed by atoms with Crippen molar-refractivity contribution in [1.82, 2.24) is 14.3 Å². The third kappa shape index (κ3) is 3.33. The average molecular weight is 372 g/mol. The molecule has 2 fully saturated rings. The molecule has 2 aromatic rings. The lowest BCUT2D eigenvalue weighted by atomic mass is 9.71. The van der Waals surface area contributed by atoms with Crippen molar-refractivity contribution in [1.29, 1.82) is 0 Å². The second-order valence-corrected chi connectivity index (χ2v) is 9.19. The number of sulfonamides is 1. The lowest BCUT2D eigenvalue weighted by Gasteiger charge is -2.46. The zero-order chi connectivity index (χ0) is 18.0. The molecule has 2 saturated heterocycles. The van der Waals surface area contributed by atoms with Crippen LogP contribution in [0.4, 0.5) is 5.95 Å². The van der Waals surface area contributed by atoms with Crippen LogP contribution >= 0.6 is 0 Å². The number of aromatic nitrogens is 2. The molecule has 2 aliphatic rings. The normalized spacial score (nSPS) is 21.0.